The van der Waals surface area contributed by atoms with Crippen molar-refractivity contribution in [3.05, 3.63) is 29.3 Å². The minimum Gasteiger partial charge on any atom is -0.207 e. The van der Waals surface area contributed by atoms with E-state index in [0.29, 0.717) is 10.5 Å². The van der Waals surface area contributed by atoms with Gasteiger partial charge in [0.25, 0.3) is 0 Å². The molecule has 0 fully saturated rings. The number of hydrogen-bond acceptors (Lipinski definition) is 1. The summed E-state index contributed by atoms with van der Waals surface area (Å²) in [6.07, 6.45) is 1.72. The third-order valence-corrected chi connectivity index (χ3v) is 2.14. The standard InChI is InChI=1S/C8H8F2S/c1-5-3-6(9)4-7(11-2)8(5)10/h3-4H,1-2H3. The Morgan fingerprint density at radius 1 is 1.27 bits per heavy atom. The van der Waals surface area contributed by atoms with Crippen LogP contribution in [0.3, 0.4) is 0 Å². The Bertz CT molecular complexity index is 271. The molecule has 0 aliphatic carbocycles. The molecule has 3 heteroatoms. The monoisotopic (exact) mass is 174 g/mol. The number of halogens is 2. The minimum atomic E-state index is -0.381. The van der Waals surface area contributed by atoms with Crippen molar-refractivity contribution in [2.75, 3.05) is 6.26 Å². The van der Waals surface area contributed by atoms with Crippen LogP contribution in [0.15, 0.2) is 17.0 Å². The van der Waals surface area contributed by atoms with Gasteiger partial charge < -0.3 is 0 Å². The summed E-state index contributed by atoms with van der Waals surface area (Å²) in [5, 5.41) is 0. The zero-order valence-electron chi connectivity index (χ0n) is 6.32. The first kappa shape index (κ1) is 8.53. The van der Waals surface area contributed by atoms with E-state index in [1.54, 1.807) is 13.2 Å². The van der Waals surface area contributed by atoms with Crippen molar-refractivity contribution in [2.45, 2.75) is 11.8 Å². The van der Waals surface area contributed by atoms with Gasteiger partial charge >= 0.3 is 0 Å². The molecule has 0 amide bonds. The van der Waals surface area contributed by atoms with Crippen molar-refractivity contribution in [1.29, 1.82) is 0 Å². The van der Waals surface area contributed by atoms with Crippen molar-refractivity contribution in [1.82, 2.24) is 0 Å². The van der Waals surface area contributed by atoms with Crippen molar-refractivity contribution in [3.63, 3.8) is 0 Å². The van der Waals surface area contributed by atoms with Crippen molar-refractivity contribution in [2.24, 2.45) is 0 Å². The summed E-state index contributed by atoms with van der Waals surface area (Å²) in [4.78, 5) is 0.363. The Hall–Kier alpha value is -0.570. The normalized spacial score (nSPS) is 10.2. The molecule has 0 aliphatic rings. The molecule has 0 heterocycles. The first-order valence-corrected chi connectivity index (χ1v) is 4.37. The van der Waals surface area contributed by atoms with Crippen LogP contribution in [0.5, 0.6) is 0 Å². The summed E-state index contributed by atoms with van der Waals surface area (Å²) < 4.78 is 25.6. The molecule has 0 unspecified atom stereocenters. The molecular formula is C8H8F2S. The summed E-state index contributed by atoms with van der Waals surface area (Å²) in [6.45, 7) is 1.55. The zero-order valence-corrected chi connectivity index (χ0v) is 7.14. The Balaban J connectivity index is 3.24. The first-order valence-electron chi connectivity index (χ1n) is 3.15. The van der Waals surface area contributed by atoms with Crippen LogP contribution in [0.1, 0.15) is 5.56 Å². The number of hydrogen-bond donors (Lipinski definition) is 0. The lowest BCUT2D eigenvalue weighted by Crippen LogP contribution is -1.88. The van der Waals surface area contributed by atoms with E-state index in [1.807, 2.05) is 0 Å². The van der Waals surface area contributed by atoms with Gasteiger partial charge in [0.1, 0.15) is 11.6 Å². The molecule has 0 radical (unpaired) electrons. The second kappa shape index (κ2) is 3.22. The van der Waals surface area contributed by atoms with E-state index in [2.05, 4.69) is 0 Å². The molecule has 60 valence electrons. The topological polar surface area (TPSA) is 0 Å². The maximum Gasteiger partial charge on any atom is 0.139 e. The van der Waals surface area contributed by atoms with E-state index in [-0.39, 0.29) is 11.6 Å². The van der Waals surface area contributed by atoms with Crippen LogP contribution >= 0.6 is 11.8 Å². The zero-order chi connectivity index (χ0) is 8.43. The molecule has 1 aromatic rings. The highest BCUT2D eigenvalue weighted by atomic mass is 32.2. The fraction of sp³-hybridized carbons (Fsp3) is 0.250. The first-order chi connectivity index (χ1) is 5.15. The molecule has 11 heavy (non-hydrogen) atoms. The van der Waals surface area contributed by atoms with E-state index in [1.165, 1.54) is 23.9 Å². The maximum atomic E-state index is 13.0. The third-order valence-electron chi connectivity index (χ3n) is 1.41. The van der Waals surface area contributed by atoms with Crippen molar-refractivity contribution < 1.29 is 8.78 Å². The van der Waals surface area contributed by atoms with Crippen molar-refractivity contribution in [3.8, 4) is 0 Å². The highest BCUT2D eigenvalue weighted by molar-refractivity contribution is 7.98. The average Bonchev–Trinajstić information content (AvgIpc) is 1.96. The van der Waals surface area contributed by atoms with Crippen LogP contribution in [-0.4, -0.2) is 6.26 Å². The van der Waals surface area contributed by atoms with Gasteiger partial charge in [0.05, 0.1) is 0 Å². The van der Waals surface area contributed by atoms with Gasteiger partial charge in [-0.3, -0.25) is 0 Å². The molecule has 0 spiro atoms. The average molecular weight is 174 g/mol. The van der Waals surface area contributed by atoms with Gasteiger partial charge in [-0.1, -0.05) is 0 Å². The lowest BCUT2D eigenvalue weighted by Gasteiger charge is -2.01. The summed E-state index contributed by atoms with van der Waals surface area (Å²) >= 11 is 1.21. The lowest BCUT2D eigenvalue weighted by molar-refractivity contribution is 0.568. The molecule has 0 saturated heterocycles. The molecule has 0 bridgehead atoms. The van der Waals surface area contributed by atoms with Gasteiger partial charge in [0.15, 0.2) is 0 Å². The van der Waals surface area contributed by atoms with Gasteiger partial charge in [0, 0.05) is 4.90 Å². The van der Waals surface area contributed by atoms with Gasteiger partial charge in [-0.15, -0.1) is 11.8 Å². The molecule has 0 N–H and O–H groups in total. The highest BCUT2D eigenvalue weighted by Crippen LogP contribution is 2.22. The summed E-state index contributed by atoms with van der Waals surface area (Å²) in [5.74, 6) is -0.702. The predicted octanol–water partition coefficient (Wildman–Crippen LogP) is 3.00. The van der Waals surface area contributed by atoms with Gasteiger partial charge in [-0.2, -0.15) is 0 Å². The third kappa shape index (κ3) is 1.71. The molecule has 1 aromatic carbocycles. The maximum absolute atomic E-state index is 13.0. The number of benzene rings is 1. The molecule has 0 aliphatic heterocycles. The molecule has 0 aromatic heterocycles. The molecule has 0 atom stereocenters. The molecular weight excluding hydrogens is 166 g/mol. The molecule has 0 nitrogen and oxygen atoms in total. The van der Waals surface area contributed by atoms with E-state index in [0.717, 1.165) is 0 Å². The van der Waals surface area contributed by atoms with E-state index in [4.69, 9.17) is 0 Å². The van der Waals surface area contributed by atoms with E-state index < -0.39 is 0 Å². The number of aryl methyl sites for hydroxylation is 1. The van der Waals surface area contributed by atoms with Crippen LogP contribution < -0.4 is 0 Å². The van der Waals surface area contributed by atoms with Crippen molar-refractivity contribution >= 4 is 11.8 Å². The Kier molecular flexibility index (Phi) is 2.49. The lowest BCUT2D eigenvalue weighted by atomic mass is 10.2. The van der Waals surface area contributed by atoms with Gasteiger partial charge in [-0.05, 0) is 30.9 Å². The van der Waals surface area contributed by atoms with Crippen LogP contribution in [0.4, 0.5) is 8.78 Å². The van der Waals surface area contributed by atoms with Crippen LogP contribution in [0.2, 0.25) is 0 Å². The fourth-order valence-corrected chi connectivity index (χ4v) is 1.41. The van der Waals surface area contributed by atoms with Gasteiger partial charge in [0.2, 0.25) is 0 Å². The van der Waals surface area contributed by atoms with Gasteiger partial charge in [-0.25, -0.2) is 8.78 Å². The Morgan fingerprint density at radius 2 is 1.91 bits per heavy atom. The summed E-state index contributed by atoms with van der Waals surface area (Å²) in [6, 6.07) is 2.39. The van der Waals surface area contributed by atoms with E-state index >= 15 is 0 Å². The summed E-state index contributed by atoms with van der Waals surface area (Å²) in [7, 11) is 0. The molecule has 1 rings (SSSR count). The Labute approximate surface area is 68.6 Å². The SMILES string of the molecule is CSc1cc(F)cc(C)c1F. The predicted molar refractivity (Wildman–Crippen MR) is 42.9 cm³/mol. The fourth-order valence-electron chi connectivity index (χ4n) is 0.843. The second-order valence-electron chi connectivity index (χ2n) is 2.24. The quantitative estimate of drug-likeness (QED) is 0.590. The largest absolute Gasteiger partial charge is 0.207 e. The minimum absolute atomic E-state index is 0.320. The van der Waals surface area contributed by atoms with E-state index in [9.17, 15) is 8.78 Å². The van der Waals surface area contributed by atoms with Crippen LogP contribution in [0, 0.1) is 18.6 Å². The number of thioether (sulfide) groups is 1. The smallest absolute Gasteiger partial charge is 0.139 e. The number of rotatable bonds is 1. The highest BCUT2D eigenvalue weighted by Gasteiger charge is 2.05. The Morgan fingerprint density at radius 3 is 2.45 bits per heavy atom. The summed E-state index contributed by atoms with van der Waals surface area (Å²) in [5.41, 5.74) is 0.356. The van der Waals surface area contributed by atoms with Crippen LogP contribution in [-0.2, 0) is 0 Å². The molecule has 0 saturated carbocycles. The second-order valence-corrected chi connectivity index (χ2v) is 3.09. The van der Waals surface area contributed by atoms with Crippen LogP contribution in [0.25, 0.3) is 0 Å².